The third-order valence-corrected chi connectivity index (χ3v) is 2.98. The summed E-state index contributed by atoms with van der Waals surface area (Å²) in [5.41, 5.74) is 4.94. The highest BCUT2D eigenvalue weighted by atomic mass is 14.9. The van der Waals surface area contributed by atoms with E-state index in [2.05, 4.69) is 61.4 Å². The van der Waals surface area contributed by atoms with Crippen LogP contribution in [0.2, 0.25) is 0 Å². The third kappa shape index (κ3) is 3.33. The van der Waals surface area contributed by atoms with Crippen LogP contribution in [0.25, 0.3) is 0 Å². The van der Waals surface area contributed by atoms with Crippen LogP contribution in [-0.2, 0) is 6.54 Å². The predicted octanol–water partition coefficient (Wildman–Crippen LogP) is 4.13. The van der Waals surface area contributed by atoms with Gasteiger partial charge in [-0.25, -0.2) is 0 Å². The van der Waals surface area contributed by atoms with Crippen molar-refractivity contribution in [1.82, 2.24) is 4.98 Å². The monoisotopic (exact) mass is 240 g/mol. The van der Waals surface area contributed by atoms with E-state index in [1.807, 2.05) is 12.4 Å². The molecule has 0 amide bonds. The number of nitrogens with zero attached hydrogens (tertiary/aromatic N) is 1. The van der Waals surface area contributed by atoms with Crippen molar-refractivity contribution in [3.63, 3.8) is 0 Å². The average molecular weight is 240 g/mol. The van der Waals surface area contributed by atoms with Crippen LogP contribution in [0.15, 0.2) is 42.7 Å². The molecule has 0 aliphatic carbocycles. The Kier molecular flexibility index (Phi) is 3.98. The summed E-state index contributed by atoms with van der Waals surface area (Å²) in [4.78, 5) is 4.20. The number of nitrogens with one attached hydrogen (secondary N) is 1. The molecule has 2 rings (SSSR count). The fraction of sp³-hybridized carbons (Fsp3) is 0.312. The third-order valence-electron chi connectivity index (χ3n) is 2.98. The Morgan fingerprint density at radius 1 is 1.17 bits per heavy atom. The van der Waals surface area contributed by atoms with Gasteiger partial charge in [0.1, 0.15) is 0 Å². The summed E-state index contributed by atoms with van der Waals surface area (Å²) >= 11 is 0. The molecule has 0 aliphatic rings. The van der Waals surface area contributed by atoms with E-state index in [0.29, 0.717) is 5.92 Å². The number of pyridine rings is 1. The molecule has 0 radical (unpaired) electrons. The summed E-state index contributed by atoms with van der Waals surface area (Å²) in [6, 6.07) is 10.8. The van der Waals surface area contributed by atoms with Gasteiger partial charge in [0.05, 0.1) is 0 Å². The van der Waals surface area contributed by atoms with Gasteiger partial charge in [-0.05, 0) is 41.7 Å². The molecule has 1 heterocycles. The second-order valence-electron chi connectivity index (χ2n) is 5.00. The van der Waals surface area contributed by atoms with E-state index in [1.54, 1.807) is 0 Å². The van der Waals surface area contributed by atoms with Crippen molar-refractivity contribution in [2.45, 2.75) is 33.2 Å². The first-order chi connectivity index (χ1) is 8.65. The predicted molar refractivity (Wildman–Crippen MR) is 76.8 cm³/mol. The molecule has 1 aromatic carbocycles. The molecule has 0 saturated carbocycles. The van der Waals surface area contributed by atoms with Gasteiger partial charge in [0.15, 0.2) is 0 Å². The summed E-state index contributed by atoms with van der Waals surface area (Å²) in [5.74, 6) is 0.562. The van der Waals surface area contributed by atoms with Crippen LogP contribution >= 0.6 is 0 Å². The van der Waals surface area contributed by atoms with Crippen LogP contribution in [0.1, 0.15) is 36.5 Å². The van der Waals surface area contributed by atoms with Crippen molar-refractivity contribution < 1.29 is 0 Å². The molecule has 0 unspecified atom stereocenters. The van der Waals surface area contributed by atoms with Gasteiger partial charge < -0.3 is 5.32 Å². The van der Waals surface area contributed by atoms with Crippen LogP contribution in [0.5, 0.6) is 0 Å². The molecule has 1 N–H and O–H groups in total. The highest BCUT2D eigenvalue weighted by Gasteiger charge is 2.00. The quantitative estimate of drug-likeness (QED) is 0.869. The molecule has 0 atom stereocenters. The van der Waals surface area contributed by atoms with E-state index in [9.17, 15) is 0 Å². The molecule has 94 valence electrons. The summed E-state index contributed by atoms with van der Waals surface area (Å²) in [5, 5.41) is 3.44. The minimum Gasteiger partial charge on any atom is -0.381 e. The Bertz CT molecular complexity index is 518. The Labute approximate surface area is 109 Å². The van der Waals surface area contributed by atoms with Gasteiger partial charge in [-0.2, -0.15) is 0 Å². The molecule has 0 saturated heterocycles. The van der Waals surface area contributed by atoms with Gasteiger partial charge in [0.2, 0.25) is 0 Å². The van der Waals surface area contributed by atoms with Crippen LogP contribution in [-0.4, -0.2) is 4.98 Å². The van der Waals surface area contributed by atoms with Crippen LogP contribution in [0.4, 0.5) is 5.69 Å². The second kappa shape index (κ2) is 5.67. The summed E-state index contributed by atoms with van der Waals surface area (Å²) in [7, 11) is 0. The number of hydrogen-bond acceptors (Lipinski definition) is 2. The molecule has 2 aromatic rings. The molecule has 1 aromatic heterocycles. The van der Waals surface area contributed by atoms with Crippen molar-refractivity contribution in [3.8, 4) is 0 Å². The average Bonchev–Trinajstić information content (AvgIpc) is 2.37. The van der Waals surface area contributed by atoms with E-state index in [1.165, 1.54) is 22.4 Å². The Morgan fingerprint density at radius 3 is 2.72 bits per heavy atom. The first kappa shape index (κ1) is 12.6. The van der Waals surface area contributed by atoms with Crippen molar-refractivity contribution in [2.24, 2.45) is 0 Å². The van der Waals surface area contributed by atoms with E-state index < -0.39 is 0 Å². The lowest BCUT2D eigenvalue weighted by Crippen LogP contribution is -2.01. The number of hydrogen-bond donors (Lipinski definition) is 1. The van der Waals surface area contributed by atoms with Gasteiger partial charge in [-0.3, -0.25) is 4.98 Å². The number of anilines is 1. The van der Waals surface area contributed by atoms with Crippen molar-refractivity contribution >= 4 is 5.69 Å². The van der Waals surface area contributed by atoms with Gasteiger partial charge >= 0.3 is 0 Å². The van der Waals surface area contributed by atoms with Crippen LogP contribution < -0.4 is 5.32 Å². The highest BCUT2D eigenvalue weighted by molar-refractivity contribution is 5.46. The number of aryl methyl sites for hydroxylation is 1. The maximum absolute atomic E-state index is 4.20. The Balaban J connectivity index is 2.04. The lowest BCUT2D eigenvalue weighted by atomic mass is 10.0. The summed E-state index contributed by atoms with van der Waals surface area (Å²) < 4.78 is 0. The molecule has 0 aliphatic heterocycles. The van der Waals surface area contributed by atoms with Crippen molar-refractivity contribution in [2.75, 3.05) is 5.32 Å². The van der Waals surface area contributed by atoms with Crippen LogP contribution in [0, 0.1) is 6.92 Å². The maximum Gasteiger partial charge on any atom is 0.0416 e. The summed E-state index contributed by atoms with van der Waals surface area (Å²) in [6.07, 6.45) is 3.79. The second-order valence-corrected chi connectivity index (χ2v) is 5.00. The first-order valence-corrected chi connectivity index (χ1v) is 6.39. The molecule has 2 heteroatoms. The number of benzene rings is 1. The van der Waals surface area contributed by atoms with Gasteiger partial charge in [0, 0.05) is 24.6 Å². The molecule has 0 spiro atoms. The van der Waals surface area contributed by atoms with Gasteiger partial charge in [0.25, 0.3) is 0 Å². The lowest BCUT2D eigenvalue weighted by molar-refractivity contribution is 0.866. The molecule has 2 nitrogen and oxygen atoms in total. The molecular weight excluding hydrogens is 220 g/mol. The fourth-order valence-corrected chi connectivity index (χ4v) is 1.93. The minimum absolute atomic E-state index is 0.562. The maximum atomic E-state index is 4.20. The molecule has 18 heavy (non-hydrogen) atoms. The van der Waals surface area contributed by atoms with E-state index in [0.717, 1.165) is 6.54 Å². The van der Waals surface area contributed by atoms with Crippen molar-refractivity contribution in [1.29, 1.82) is 0 Å². The number of aromatic nitrogens is 1. The standard InChI is InChI=1S/C16H20N2/c1-12(2)15-5-4-6-16(8-15)18-11-14-7-13(3)9-17-10-14/h4-10,12,18H,11H2,1-3H3. The van der Waals surface area contributed by atoms with Crippen molar-refractivity contribution in [3.05, 3.63) is 59.4 Å². The fourth-order valence-electron chi connectivity index (χ4n) is 1.93. The SMILES string of the molecule is Cc1cncc(CNc2cccc(C(C)C)c2)c1. The largest absolute Gasteiger partial charge is 0.381 e. The topological polar surface area (TPSA) is 24.9 Å². The normalized spacial score (nSPS) is 10.7. The molecule has 0 bridgehead atoms. The lowest BCUT2D eigenvalue weighted by Gasteiger charge is -2.10. The Morgan fingerprint density at radius 2 is 2.00 bits per heavy atom. The highest BCUT2D eigenvalue weighted by Crippen LogP contribution is 2.19. The van der Waals surface area contributed by atoms with E-state index in [-0.39, 0.29) is 0 Å². The van der Waals surface area contributed by atoms with Crippen LogP contribution in [0.3, 0.4) is 0 Å². The first-order valence-electron chi connectivity index (χ1n) is 6.39. The molecular formula is C16H20N2. The zero-order chi connectivity index (χ0) is 13.0. The van der Waals surface area contributed by atoms with E-state index in [4.69, 9.17) is 0 Å². The smallest absolute Gasteiger partial charge is 0.0416 e. The van der Waals surface area contributed by atoms with Gasteiger partial charge in [-0.1, -0.05) is 32.0 Å². The zero-order valence-corrected chi connectivity index (χ0v) is 11.3. The zero-order valence-electron chi connectivity index (χ0n) is 11.3. The number of rotatable bonds is 4. The minimum atomic E-state index is 0.562. The van der Waals surface area contributed by atoms with Gasteiger partial charge in [-0.15, -0.1) is 0 Å². The summed E-state index contributed by atoms with van der Waals surface area (Å²) in [6.45, 7) is 7.30. The molecule has 0 fully saturated rings. The van der Waals surface area contributed by atoms with E-state index >= 15 is 0 Å². The Hall–Kier alpha value is -1.83.